The van der Waals surface area contributed by atoms with Crippen molar-refractivity contribution in [3.05, 3.63) is 11.6 Å². The summed E-state index contributed by atoms with van der Waals surface area (Å²) in [6, 6.07) is -0.148. The van der Waals surface area contributed by atoms with Crippen LogP contribution in [0.3, 0.4) is 0 Å². The third-order valence-electron chi connectivity index (χ3n) is 2.68. The molecule has 2 aliphatic rings. The third-order valence-corrected chi connectivity index (χ3v) is 2.68. The van der Waals surface area contributed by atoms with Crippen molar-refractivity contribution in [3.8, 4) is 0 Å². The molecule has 4 nitrogen and oxygen atoms in total. The minimum absolute atomic E-state index is 0.0229. The Morgan fingerprint density at radius 3 is 2.92 bits per heavy atom. The van der Waals surface area contributed by atoms with E-state index in [2.05, 4.69) is 0 Å². The molecule has 0 amide bonds. The maximum absolute atomic E-state index is 9.53. The molecule has 2 rings (SSSR count). The minimum Gasteiger partial charge on any atom is -0.392 e. The van der Waals surface area contributed by atoms with Gasteiger partial charge in [0.05, 0.1) is 18.8 Å². The van der Waals surface area contributed by atoms with Crippen molar-refractivity contribution in [3.63, 3.8) is 0 Å². The summed E-state index contributed by atoms with van der Waals surface area (Å²) in [5.74, 6) is 0. The number of fused-ring (bicyclic) bond motifs is 1. The second-order valence-corrected chi connectivity index (χ2v) is 3.39. The number of hydrogen-bond donors (Lipinski definition) is 3. The van der Waals surface area contributed by atoms with Crippen LogP contribution in [0.15, 0.2) is 11.6 Å². The Morgan fingerprint density at radius 1 is 1.50 bits per heavy atom. The van der Waals surface area contributed by atoms with Crippen LogP contribution in [0.4, 0.5) is 0 Å². The maximum Gasteiger partial charge on any atom is 0.101 e. The van der Waals surface area contributed by atoms with Crippen LogP contribution in [0, 0.1) is 0 Å². The molecule has 3 atom stereocenters. The molecule has 4 heteroatoms. The van der Waals surface area contributed by atoms with Gasteiger partial charge in [0, 0.05) is 13.1 Å². The van der Waals surface area contributed by atoms with Crippen LogP contribution in [0.1, 0.15) is 0 Å². The van der Waals surface area contributed by atoms with Crippen molar-refractivity contribution in [2.75, 3.05) is 19.7 Å². The lowest BCUT2D eigenvalue weighted by molar-refractivity contribution is 0.0439. The minimum atomic E-state index is -0.731. The van der Waals surface area contributed by atoms with Gasteiger partial charge in [0.2, 0.25) is 0 Å². The van der Waals surface area contributed by atoms with Crippen molar-refractivity contribution < 1.29 is 15.3 Å². The van der Waals surface area contributed by atoms with Crippen LogP contribution in [-0.4, -0.2) is 58.2 Å². The zero-order valence-electron chi connectivity index (χ0n) is 6.72. The summed E-state index contributed by atoms with van der Waals surface area (Å²) in [6.45, 7) is 1.21. The SMILES string of the molecule is OCC1=CCN2C[C@@H](O)[C@@H](O)C12. The molecule has 0 saturated carbocycles. The number of hydrogen-bond acceptors (Lipinski definition) is 4. The monoisotopic (exact) mass is 171 g/mol. The highest BCUT2D eigenvalue weighted by Gasteiger charge is 2.43. The highest BCUT2D eigenvalue weighted by Crippen LogP contribution is 2.28. The van der Waals surface area contributed by atoms with Crippen LogP contribution < -0.4 is 0 Å². The molecule has 0 bridgehead atoms. The molecule has 0 aromatic heterocycles. The quantitative estimate of drug-likeness (QED) is 0.413. The molecule has 2 aliphatic heterocycles. The van der Waals surface area contributed by atoms with Gasteiger partial charge in [0.1, 0.15) is 6.10 Å². The molecule has 0 aromatic carbocycles. The van der Waals surface area contributed by atoms with E-state index in [4.69, 9.17) is 5.11 Å². The summed E-state index contributed by atoms with van der Waals surface area (Å²) in [6.07, 6.45) is 0.524. The Balaban J connectivity index is 2.17. The van der Waals surface area contributed by atoms with E-state index in [1.165, 1.54) is 0 Å². The molecule has 0 spiro atoms. The molecule has 12 heavy (non-hydrogen) atoms. The molecular formula is C8H13NO3. The van der Waals surface area contributed by atoms with Crippen LogP contribution in [0.2, 0.25) is 0 Å². The first kappa shape index (κ1) is 8.19. The van der Waals surface area contributed by atoms with E-state index in [0.29, 0.717) is 6.54 Å². The van der Waals surface area contributed by atoms with Crippen molar-refractivity contribution in [2.24, 2.45) is 0 Å². The van der Waals surface area contributed by atoms with Gasteiger partial charge in [0.15, 0.2) is 0 Å². The van der Waals surface area contributed by atoms with Gasteiger partial charge in [-0.3, -0.25) is 4.90 Å². The van der Waals surface area contributed by atoms with E-state index in [1.54, 1.807) is 0 Å². The predicted octanol–water partition coefficient (Wildman–Crippen LogP) is -1.68. The highest BCUT2D eigenvalue weighted by molar-refractivity contribution is 5.24. The summed E-state index contributed by atoms with van der Waals surface area (Å²) in [5, 5.41) is 27.8. The molecule has 0 aromatic rings. The average Bonchev–Trinajstić information content (AvgIpc) is 2.55. The lowest BCUT2D eigenvalue weighted by Crippen LogP contribution is -2.34. The van der Waals surface area contributed by atoms with Crippen LogP contribution >= 0.6 is 0 Å². The van der Waals surface area contributed by atoms with E-state index >= 15 is 0 Å². The average molecular weight is 171 g/mol. The number of nitrogens with zero attached hydrogens (tertiary/aromatic N) is 1. The van der Waals surface area contributed by atoms with Crippen LogP contribution in [-0.2, 0) is 0 Å². The molecule has 2 heterocycles. The summed E-state index contributed by atoms with van der Waals surface area (Å²) >= 11 is 0. The van der Waals surface area contributed by atoms with E-state index in [0.717, 1.165) is 12.1 Å². The van der Waals surface area contributed by atoms with Gasteiger partial charge < -0.3 is 15.3 Å². The van der Waals surface area contributed by atoms with Crippen molar-refractivity contribution in [1.82, 2.24) is 4.90 Å². The second-order valence-electron chi connectivity index (χ2n) is 3.39. The lowest BCUT2D eigenvalue weighted by atomic mass is 10.0. The number of aliphatic hydroxyl groups is 3. The topological polar surface area (TPSA) is 63.9 Å². The summed E-state index contributed by atoms with van der Waals surface area (Å²) in [5.41, 5.74) is 0.832. The fourth-order valence-corrected chi connectivity index (χ4v) is 2.04. The Bertz CT molecular complexity index is 216. The first-order valence-corrected chi connectivity index (χ1v) is 4.14. The molecule has 1 saturated heterocycles. The van der Waals surface area contributed by atoms with Gasteiger partial charge in [-0.1, -0.05) is 6.08 Å². The van der Waals surface area contributed by atoms with E-state index in [-0.39, 0.29) is 12.6 Å². The Hall–Kier alpha value is -0.420. The molecule has 0 aliphatic carbocycles. The van der Waals surface area contributed by atoms with E-state index < -0.39 is 12.2 Å². The van der Waals surface area contributed by atoms with Crippen LogP contribution in [0.5, 0.6) is 0 Å². The molecular weight excluding hydrogens is 158 g/mol. The van der Waals surface area contributed by atoms with Gasteiger partial charge in [-0.15, -0.1) is 0 Å². The number of aliphatic hydroxyl groups excluding tert-OH is 3. The lowest BCUT2D eigenvalue weighted by Gasteiger charge is -2.19. The normalized spacial score (nSPS) is 41.6. The Morgan fingerprint density at radius 2 is 2.25 bits per heavy atom. The smallest absolute Gasteiger partial charge is 0.101 e. The Labute approximate surface area is 70.7 Å². The van der Waals surface area contributed by atoms with Gasteiger partial charge >= 0.3 is 0 Å². The fourth-order valence-electron chi connectivity index (χ4n) is 2.04. The van der Waals surface area contributed by atoms with Crippen LogP contribution in [0.25, 0.3) is 0 Å². The van der Waals surface area contributed by atoms with Gasteiger partial charge in [0.25, 0.3) is 0 Å². The fraction of sp³-hybridized carbons (Fsp3) is 0.750. The summed E-state index contributed by atoms with van der Waals surface area (Å²) < 4.78 is 0. The Kier molecular flexibility index (Phi) is 1.92. The second kappa shape index (κ2) is 2.81. The highest BCUT2D eigenvalue weighted by atomic mass is 16.3. The molecule has 68 valence electrons. The van der Waals surface area contributed by atoms with E-state index in [9.17, 15) is 10.2 Å². The molecule has 0 radical (unpaired) electrons. The first-order valence-electron chi connectivity index (χ1n) is 4.14. The van der Waals surface area contributed by atoms with Crippen molar-refractivity contribution in [2.45, 2.75) is 18.2 Å². The third kappa shape index (κ3) is 0.998. The predicted molar refractivity (Wildman–Crippen MR) is 42.5 cm³/mol. The standard InChI is InChI=1S/C8H13NO3/c10-4-5-1-2-9-3-6(11)8(12)7(5)9/h1,6-8,10-12H,2-4H2/t6-,7?,8-/m1/s1. The maximum atomic E-state index is 9.53. The van der Waals surface area contributed by atoms with Crippen molar-refractivity contribution in [1.29, 1.82) is 0 Å². The zero-order chi connectivity index (χ0) is 8.72. The van der Waals surface area contributed by atoms with Crippen molar-refractivity contribution >= 4 is 0 Å². The zero-order valence-corrected chi connectivity index (χ0v) is 6.72. The molecule has 1 fully saturated rings. The largest absolute Gasteiger partial charge is 0.392 e. The first-order chi connectivity index (χ1) is 5.74. The summed E-state index contributed by atoms with van der Waals surface area (Å²) in [7, 11) is 0. The van der Waals surface area contributed by atoms with Gasteiger partial charge in [-0.05, 0) is 5.57 Å². The van der Waals surface area contributed by atoms with Gasteiger partial charge in [-0.25, -0.2) is 0 Å². The molecule has 1 unspecified atom stereocenters. The molecule has 3 N–H and O–H groups in total. The number of rotatable bonds is 1. The van der Waals surface area contributed by atoms with E-state index in [1.807, 2.05) is 11.0 Å². The van der Waals surface area contributed by atoms with Gasteiger partial charge in [-0.2, -0.15) is 0 Å². The summed E-state index contributed by atoms with van der Waals surface area (Å²) in [4.78, 5) is 1.97.